The van der Waals surface area contributed by atoms with Gasteiger partial charge >= 0.3 is 11.7 Å². The zero-order valence-electron chi connectivity index (χ0n) is 26.2. The molecule has 3 aromatic carbocycles. The highest BCUT2D eigenvalue weighted by atomic mass is 19.1. The van der Waals surface area contributed by atoms with Crippen molar-refractivity contribution >= 4 is 23.2 Å². The van der Waals surface area contributed by atoms with Crippen LogP contribution < -0.4 is 9.64 Å². The maximum atomic E-state index is 14.1. The molecule has 0 radical (unpaired) electrons. The number of hydrogen-bond donors (Lipinski definition) is 0. The molecule has 0 N–H and O–H groups in total. The fraction of sp³-hybridized carbons (Fsp3) is 0.314. The number of amides is 2. The highest BCUT2D eigenvalue weighted by Crippen LogP contribution is 2.38. The summed E-state index contributed by atoms with van der Waals surface area (Å²) in [6.45, 7) is 6.64. The van der Waals surface area contributed by atoms with Crippen molar-refractivity contribution in [2.24, 2.45) is 0 Å². The quantitative estimate of drug-likeness (QED) is 0.134. The van der Waals surface area contributed by atoms with Gasteiger partial charge in [0, 0.05) is 44.4 Å². The minimum atomic E-state index is -0.530. The lowest BCUT2D eigenvalue weighted by Gasteiger charge is -2.37. The number of halogens is 2. The molecule has 11 heteroatoms. The molecule has 1 aliphatic rings. The van der Waals surface area contributed by atoms with E-state index in [9.17, 15) is 23.7 Å². The molecule has 1 fully saturated rings. The van der Waals surface area contributed by atoms with Crippen LogP contribution >= 0.6 is 0 Å². The van der Waals surface area contributed by atoms with E-state index in [1.165, 1.54) is 47.5 Å². The lowest BCUT2D eigenvalue weighted by Crippen LogP contribution is -2.52. The van der Waals surface area contributed by atoms with Gasteiger partial charge in [-0.2, -0.15) is 0 Å². The lowest BCUT2D eigenvalue weighted by atomic mass is 9.87. The van der Waals surface area contributed by atoms with Gasteiger partial charge in [0.05, 0.1) is 17.7 Å². The molecule has 0 aliphatic carbocycles. The molecule has 0 saturated carbocycles. The smallest absolute Gasteiger partial charge is 0.330 e. The third kappa shape index (κ3) is 7.15. The normalized spacial score (nSPS) is 13.6. The number of aromatic nitrogens is 1. The Bertz CT molecular complexity index is 1630. The van der Waals surface area contributed by atoms with E-state index in [0.29, 0.717) is 37.6 Å². The molecular formula is C35H37F2N5O4. The van der Waals surface area contributed by atoms with Gasteiger partial charge in [0.15, 0.2) is 0 Å². The molecule has 1 aromatic heterocycles. The molecule has 9 nitrogen and oxygen atoms in total. The predicted octanol–water partition coefficient (Wildman–Crippen LogP) is 7.38. The van der Waals surface area contributed by atoms with E-state index in [1.807, 2.05) is 13.8 Å². The number of nitro groups is 1. The van der Waals surface area contributed by atoms with Crippen molar-refractivity contribution in [1.82, 2.24) is 14.8 Å². The molecule has 1 saturated heterocycles. The largest absolute Gasteiger partial charge is 0.496 e. The van der Waals surface area contributed by atoms with Gasteiger partial charge in [-0.1, -0.05) is 24.3 Å². The third-order valence-corrected chi connectivity index (χ3v) is 8.69. The van der Waals surface area contributed by atoms with Gasteiger partial charge in [-0.3, -0.25) is 15.0 Å². The summed E-state index contributed by atoms with van der Waals surface area (Å²) >= 11 is 0. The zero-order valence-corrected chi connectivity index (χ0v) is 26.2. The number of ether oxygens (including phenoxy) is 1. The fourth-order valence-electron chi connectivity index (χ4n) is 6.00. The van der Waals surface area contributed by atoms with Crippen LogP contribution in [0.3, 0.4) is 0 Å². The Kier molecular flexibility index (Phi) is 10.2. The van der Waals surface area contributed by atoms with Crippen molar-refractivity contribution in [1.29, 1.82) is 0 Å². The zero-order chi connectivity index (χ0) is 32.8. The van der Waals surface area contributed by atoms with E-state index in [2.05, 4.69) is 9.88 Å². The van der Waals surface area contributed by atoms with Crippen LogP contribution in [0.25, 0.3) is 0 Å². The summed E-state index contributed by atoms with van der Waals surface area (Å²) in [6.07, 6.45) is 3.06. The third-order valence-electron chi connectivity index (χ3n) is 8.69. The summed E-state index contributed by atoms with van der Waals surface area (Å²) in [5, 5.41) is 12.0. The molecule has 0 bridgehead atoms. The summed E-state index contributed by atoms with van der Waals surface area (Å²) in [7, 11) is 1.57. The molecule has 0 unspecified atom stereocenters. The number of hydrogen-bond acceptors (Lipinski definition) is 6. The molecule has 46 heavy (non-hydrogen) atoms. The molecule has 2 amide bonds. The van der Waals surface area contributed by atoms with Gasteiger partial charge in [0.1, 0.15) is 17.4 Å². The second kappa shape index (κ2) is 14.5. The minimum Gasteiger partial charge on any atom is -0.496 e. The molecule has 0 spiro atoms. The van der Waals surface area contributed by atoms with E-state index in [1.54, 1.807) is 48.4 Å². The van der Waals surface area contributed by atoms with Crippen LogP contribution in [0.1, 0.15) is 41.0 Å². The van der Waals surface area contributed by atoms with Gasteiger partial charge in [-0.15, -0.1) is 0 Å². The number of anilines is 2. The minimum absolute atomic E-state index is 0.0111. The molecule has 240 valence electrons. The van der Waals surface area contributed by atoms with E-state index in [4.69, 9.17) is 4.74 Å². The van der Waals surface area contributed by atoms with E-state index >= 15 is 0 Å². The number of methoxy groups -OCH3 is 1. The van der Waals surface area contributed by atoms with E-state index in [0.717, 1.165) is 41.6 Å². The number of carbonyl (C=O) groups excluding carboxylic acids is 1. The van der Waals surface area contributed by atoms with Gasteiger partial charge in [0.25, 0.3) is 0 Å². The number of nitrogens with zero attached hydrogens (tertiary/aromatic N) is 5. The van der Waals surface area contributed by atoms with Crippen LogP contribution in [-0.4, -0.2) is 65.6 Å². The van der Waals surface area contributed by atoms with Gasteiger partial charge in [-0.25, -0.2) is 23.5 Å². The van der Waals surface area contributed by atoms with Crippen LogP contribution in [-0.2, 0) is 0 Å². The van der Waals surface area contributed by atoms with Crippen LogP contribution in [0.15, 0.2) is 79.0 Å². The summed E-state index contributed by atoms with van der Waals surface area (Å²) in [6, 6.07) is 18.8. The van der Waals surface area contributed by atoms with Crippen molar-refractivity contribution in [2.75, 3.05) is 44.7 Å². The van der Waals surface area contributed by atoms with Crippen molar-refractivity contribution in [3.63, 3.8) is 0 Å². The fourth-order valence-corrected chi connectivity index (χ4v) is 6.00. The molecule has 5 rings (SSSR count). The second-order valence-electron chi connectivity index (χ2n) is 11.4. The molecule has 1 aliphatic heterocycles. The standard InChI is InChI=1S/C35H37F2N5O4/c1-24-25(2)33(46-3)17-16-31(24)41(34-32(42(44)45)7-4-18-38-34)35(43)40-22-20-39(21-23-40)19-5-6-30(26-8-12-28(36)13-9-26)27-10-14-29(37)15-11-27/h4,7-18,30H,5-6,19-23H2,1-3H3. The number of carbonyl (C=O) groups is 1. The van der Waals surface area contributed by atoms with Crippen molar-refractivity contribution in [3.05, 3.63) is 123 Å². The monoisotopic (exact) mass is 629 g/mol. The SMILES string of the molecule is COc1ccc(N(C(=O)N2CCN(CCCC(c3ccc(F)cc3)c3ccc(F)cc3)CC2)c2ncccc2[N+](=O)[O-])c(C)c1C. The average Bonchev–Trinajstić information content (AvgIpc) is 3.07. The Hall–Kier alpha value is -4.90. The number of urea groups is 1. The lowest BCUT2D eigenvalue weighted by molar-refractivity contribution is -0.384. The topological polar surface area (TPSA) is 92.1 Å². The summed E-state index contributed by atoms with van der Waals surface area (Å²) in [5.41, 5.74) is 3.75. The Morgan fingerprint density at radius 3 is 2.11 bits per heavy atom. The van der Waals surface area contributed by atoms with Crippen LogP contribution in [0, 0.1) is 35.6 Å². The van der Waals surface area contributed by atoms with Crippen molar-refractivity contribution in [3.8, 4) is 5.75 Å². The summed E-state index contributed by atoms with van der Waals surface area (Å²) < 4.78 is 32.7. The van der Waals surface area contributed by atoms with Crippen molar-refractivity contribution < 1.29 is 23.2 Å². The maximum absolute atomic E-state index is 14.1. The second-order valence-corrected chi connectivity index (χ2v) is 11.4. The van der Waals surface area contributed by atoms with Crippen LogP contribution in [0.4, 0.5) is 30.8 Å². The molecule has 2 heterocycles. The Morgan fingerprint density at radius 1 is 0.935 bits per heavy atom. The van der Waals surface area contributed by atoms with Gasteiger partial charge < -0.3 is 9.64 Å². The first-order valence-electron chi connectivity index (χ1n) is 15.2. The molecule has 0 atom stereocenters. The maximum Gasteiger partial charge on any atom is 0.330 e. The summed E-state index contributed by atoms with van der Waals surface area (Å²) in [4.78, 5) is 35.2. The Labute approximate surface area is 267 Å². The van der Waals surface area contributed by atoms with Crippen LogP contribution in [0.5, 0.6) is 5.75 Å². The number of rotatable bonds is 10. The number of pyridine rings is 1. The van der Waals surface area contributed by atoms with Crippen molar-refractivity contribution in [2.45, 2.75) is 32.6 Å². The Balaban J connectivity index is 1.29. The number of benzene rings is 3. The summed E-state index contributed by atoms with van der Waals surface area (Å²) in [5.74, 6) is -0.00728. The highest BCUT2D eigenvalue weighted by Gasteiger charge is 2.33. The van der Waals surface area contributed by atoms with Gasteiger partial charge in [-0.05, 0) is 98.0 Å². The Morgan fingerprint density at radius 2 is 1.54 bits per heavy atom. The number of piperazine rings is 1. The van der Waals surface area contributed by atoms with E-state index in [-0.39, 0.29) is 35.1 Å². The first-order valence-corrected chi connectivity index (χ1v) is 15.2. The van der Waals surface area contributed by atoms with Crippen LogP contribution in [0.2, 0.25) is 0 Å². The molecule has 4 aromatic rings. The average molecular weight is 630 g/mol. The van der Waals surface area contributed by atoms with E-state index < -0.39 is 4.92 Å². The first-order chi connectivity index (χ1) is 22.2. The molecular weight excluding hydrogens is 592 g/mol. The highest BCUT2D eigenvalue weighted by molar-refractivity contribution is 6.01. The first kappa shape index (κ1) is 32.5. The van der Waals surface area contributed by atoms with Gasteiger partial charge in [0.2, 0.25) is 5.82 Å². The predicted molar refractivity (Wildman–Crippen MR) is 173 cm³/mol.